The fraction of sp³-hybridized carbons (Fsp3) is 0.282. The third kappa shape index (κ3) is 6.59. The summed E-state index contributed by atoms with van der Waals surface area (Å²) in [5.74, 6) is 0.513. The predicted molar refractivity (Wildman–Crippen MR) is 189 cm³/mol. The van der Waals surface area contributed by atoms with Gasteiger partial charge >= 0.3 is 0 Å². The van der Waals surface area contributed by atoms with Gasteiger partial charge in [-0.2, -0.15) is 4.98 Å². The van der Waals surface area contributed by atoms with Gasteiger partial charge in [-0.25, -0.2) is 0 Å². The van der Waals surface area contributed by atoms with Crippen molar-refractivity contribution in [2.75, 3.05) is 5.32 Å². The number of hydrogen-bond donors (Lipinski definition) is 2. The van der Waals surface area contributed by atoms with E-state index in [0.717, 1.165) is 34.6 Å². The van der Waals surface area contributed by atoms with Gasteiger partial charge < -0.3 is 19.3 Å². The van der Waals surface area contributed by atoms with Crippen LogP contribution >= 0.6 is 0 Å². The molecule has 3 aliphatic rings. The highest BCUT2D eigenvalue weighted by atomic mass is 16.5. The minimum Gasteiger partial charge on any atom is -0.490 e. The van der Waals surface area contributed by atoms with Crippen LogP contribution in [0.1, 0.15) is 77.3 Å². The fourth-order valence-corrected chi connectivity index (χ4v) is 6.84. The monoisotopic (exact) mass is 713 g/mol. The standard InChI is InChI=1S/C39H35N7O7/c1-21-40-35(45-53-21)31-14-17-34(44-43-31)52-27-11-6-23(7-12-27)39(2,3)22-4-9-26(10-5-22)51-28-18-25(19-28)41-24-8-13-29-30(20-24)38(50)46(37(29)49)32-15-16-33(47)42-36(32)48/h4-14,17,20,25,28,32,41H,15-16,18-19H2,1-3H3,(H,42,47,48)/t25-,28+,32?. The Balaban J connectivity index is 0.829. The molecule has 2 N–H and O–H groups in total. The van der Waals surface area contributed by atoms with Crippen molar-refractivity contribution in [1.82, 2.24) is 30.6 Å². The third-order valence-corrected chi connectivity index (χ3v) is 9.98. The molecule has 1 saturated carbocycles. The van der Waals surface area contributed by atoms with E-state index in [0.29, 0.717) is 34.7 Å². The Labute approximate surface area is 303 Å². The molecule has 14 heteroatoms. The van der Waals surface area contributed by atoms with Crippen molar-refractivity contribution in [2.45, 2.75) is 70.1 Å². The van der Waals surface area contributed by atoms with Crippen LogP contribution in [-0.4, -0.2) is 67.1 Å². The Morgan fingerprint density at radius 1 is 0.849 bits per heavy atom. The lowest BCUT2D eigenvalue weighted by Gasteiger charge is -2.36. The Bertz CT molecular complexity index is 2230. The molecule has 0 spiro atoms. The SMILES string of the molecule is Cc1nc(-c2ccc(Oc3ccc(C(C)(C)c4ccc(O[C@H]5C[C@@H](Nc6ccc7c(c6)C(=O)N(C6CCC(=O)NC6=O)C7=O)C5)cc4)cc3)nn2)no1. The molecule has 5 aromatic rings. The highest BCUT2D eigenvalue weighted by Crippen LogP contribution is 2.36. The van der Waals surface area contributed by atoms with Gasteiger partial charge in [-0.05, 0) is 66.1 Å². The van der Waals surface area contributed by atoms with Gasteiger partial charge in [0.05, 0.1) is 11.1 Å². The van der Waals surface area contributed by atoms with Crippen LogP contribution < -0.4 is 20.1 Å². The van der Waals surface area contributed by atoms with Crippen LogP contribution in [0.3, 0.4) is 0 Å². The quantitative estimate of drug-likeness (QED) is 0.177. The summed E-state index contributed by atoms with van der Waals surface area (Å²) in [6.07, 6.45) is 1.76. The van der Waals surface area contributed by atoms with Gasteiger partial charge in [-0.15, -0.1) is 10.2 Å². The summed E-state index contributed by atoms with van der Waals surface area (Å²) >= 11 is 0. The van der Waals surface area contributed by atoms with Crippen LogP contribution in [0.15, 0.2) is 83.4 Å². The summed E-state index contributed by atoms with van der Waals surface area (Å²) in [6.45, 7) is 6.04. The van der Waals surface area contributed by atoms with Crippen molar-refractivity contribution in [2.24, 2.45) is 0 Å². The molecular formula is C39H35N7O7. The molecule has 2 aliphatic heterocycles. The third-order valence-electron chi connectivity index (χ3n) is 9.98. The molecule has 2 fully saturated rings. The maximum Gasteiger partial charge on any atom is 0.262 e. The van der Waals surface area contributed by atoms with Crippen LogP contribution in [0.2, 0.25) is 0 Å². The second-order valence-corrected chi connectivity index (χ2v) is 13.9. The predicted octanol–water partition coefficient (Wildman–Crippen LogP) is 5.38. The molecule has 4 heterocycles. The first kappa shape index (κ1) is 33.7. The smallest absolute Gasteiger partial charge is 0.262 e. The number of fused-ring (bicyclic) bond motifs is 1. The number of nitrogens with one attached hydrogen (secondary N) is 2. The maximum atomic E-state index is 13.2. The lowest BCUT2D eigenvalue weighted by atomic mass is 9.78. The first-order valence-corrected chi connectivity index (χ1v) is 17.3. The van der Waals surface area contributed by atoms with Gasteiger partial charge in [-0.3, -0.25) is 29.4 Å². The number of carbonyl (C=O) groups is 4. The molecule has 4 amide bonds. The Hall–Kier alpha value is -6.44. The number of imide groups is 2. The molecular weight excluding hydrogens is 678 g/mol. The average molecular weight is 714 g/mol. The van der Waals surface area contributed by atoms with E-state index in [1.54, 1.807) is 37.3 Å². The zero-order valence-corrected chi connectivity index (χ0v) is 29.2. The highest BCUT2D eigenvalue weighted by Gasteiger charge is 2.45. The van der Waals surface area contributed by atoms with E-state index in [1.807, 2.05) is 36.4 Å². The van der Waals surface area contributed by atoms with E-state index in [-0.39, 0.29) is 41.5 Å². The van der Waals surface area contributed by atoms with Crippen molar-refractivity contribution in [3.05, 3.63) is 107 Å². The van der Waals surface area contributed by atoms with E-state index in [4.69, 9.17) is 14.0 Å². The van der Waals surface area contributed by atoms with Crippen molar-refractivity contribution in [1.29, 1.82) is 0 Å². The molecule has 8 rings (SSSR count). The number of benzene rings is 3. The number of amides is 4. The van der Waals surface area contributed by atoms with Crippen molar-refractivity contribution in [3.63, 3.8) is 0 Å². The molecule has 53 heavy (non-hydrogen) atoms. The second kappa shape index (κ2) is 13.3. The molecule has 14 nitrogen and oxygen atoms in total. The summed E-state index contributed by atoms with van der Waals surface area (Å²) in [4.78, 5) is 55.2. The first-order chi connectivity index (χ1) is 25.5. The number of rotatable bonds is 10. The zero-order chi connectivity index (χ0) is 36.9. The summed E-state index contributed by atoms with van der Waals surface area (Å²) in [7, 11) is 0. The van der Waals surface area contributed by atoms with Gasteiger partial charge in [0.2, 0.25) is 29.4 Å². The number of hydrogen-bond acceptors (Lipinski definition) is 12. The maximum absolute atomic E-state index is 13.2. The Kier molecular flexibility index (Phi) is 8.44. The molecule has 3 aromatic carbocycles. The lowest BCUT2D eigenvalue weighted by molar-refractivity contribution is -0.136. The van der Waals surface area contributed by atoms with Crippen LogP contribution in [0.4, 0.5) is 5.69 Å². The zero-order valence-electron chi connectivity index (χ0n) is 29.2. The molecule has 0 radical (unpaired) electrons. The molecule has 2 aromatic heterocycles. The van der Waals surface area contributed by atoms with Crippen molar-refractivity contribution >= 4 is 29.3 Å². The van der Waals surface area contributed by atoms with Crippen LogP contribution in [0.25, 0.3) is 11.5 Å². The van der Waals surface area contributed by atoms with E-state index >= 15 is 0 Å². The fourth-order valence-electron chi connectivity index (χ4n) is 6.84. The number of aryl methyl sites for hydroxylation is 1. The normalized spacial score (nSPS) is 19.8. The van der Waals surface area contributed by atoms with Crippen molar-refractivity contribution < 1.29 is 33.2 Å². The van der Waals surface area contributed by atoms with Gasteiger partial charge in [-0.1, -0.05) is 43.3 Å². The summed E-state index contributed by atoms with van der Waals surface area (Å²) in [5, 5.41) is 17.8. The van der Waals surface area contributed by atoms with Gasteiger partial charge in [0.15, 0.2) is 0 Å². The van der Waals surface area contributed by atoms with E-state index in [1.165, 1.54) is 0 Å². The van der Waals surface area contributed by atoms with Gasteiger partial charge in [0.1, 0.15) is 29.3 Å². The Morgan fingerprint density at radius 3 is 2.19 bits per heavy atom. The van der Waals surface area contributed by atoms with Crippen LogP contribution in [0, 0.1) is 6.92 Å². The van der Waals surface area contributed by atoms with Gasteiger partial charge in [0, 0.05) is 49.4 Å². The number of piperidine rings is 1. The van der Waals surface area contributed by atoms with Crippen LogP contribution in [-0.2, 0) is 15.0 Å². The number of carbonyl (C=O) groups excluding carboxylic acids is 4. The van der Waals surface area contributed by atoms with E-state index < -0.39 is 29.7 Å². The minimum atomic E-state index is -0.991. The highest BCUT2D eigenvalue weighted by molar-refractivity contribution is 6.23. The van der Waals surface area contributed by atoms with E-state index in [2.05, 4.69) is 57.0 Å². The molecule has 1 unspecified atom stereocenters. The topological polar surface area (TPSA) is 179 Å². The Morgan fingerprint density at radius 2 is 1.55 bits per heavy atom. The van der Waals surface area contributed by atoms with Crippen LogP contribution in [0.5, 0.6) is 17.4 Å². The molecule has 1 saturated heterocycles. The summed E-state index contributed by atoms with van der Waals surface area (Å²) < 4.78 is 17.2. The average Bonchev–Trinajstić information content (AvgIpc) is 3.68. The second-order valence-electron chi connectivity index (χ2n) is 13.9. The van der Waals surface area contributed by atoms with Gasteiger partial charge in [0.25, 0.3) is 11.8 Å². The minimum absolute atomic E-state index is 0.0311. The molecule has 1 atom stereocenters. The number of aromatic nitrogens is 4. The lowest BCUT2D eigenvalue weighted by Crippen LogP contribution is -2.54. The van der Waals surface area contributed by atoms with E-state index in [9.17, 15) is 19.2 Å². The largest absolute Gasteiger partial charge is 0.490 e. The molecule has 0 bridgehead atoms. The molecule has 1 aliphatic carbocycles. The van der Waals surface area contributed by atoms with Crippen molar-refractivity contribution in [3.8, 4) is 28.9 Å². The molecule has 268 valence electrons. The number of ether oxygens (including phenoxy) is 2. The first-order valence-electron chi connectivity index (χ1n) is 17.3. The summed E-state index contributed by atoms with van der Waals surface area (Å²) in [5.41, 5.74) is 3.66. The number of nitrogens with zero attached hydrogens (tertiary/aromatic N) is 5. The summed E-state index contributed by atoms with van der Waals surface area (Å²) in [6, 6.07) is 23.6. The number of anilines is 1.